The predicted octanol–water partition coefficient (Wildman–Crippen LogP) is 0.744. The first kappa shape index (κ1) is 13.8. The minimum atomic E-state index is -0.327. The summed E-state index contributed by atoms with van der Waals surface area (Å²) in [5, 5.41) is 3.03. The number of rotatable bonds is 3. The maximum atomic E-state index is 12.4. The van der Waals surface area contributed by atoms with Gasteiger partial charge in [-0.1, -0.05) is 0 Å². The number of fused-ring (bicyclic) bond motifs is 1. The summed E-state index contributed by atoms with van der Waals surface area (Å²) in [5.74, 6) is 0.0671. The molecule has 0 bridgehead atoms. The molecule has 21 heavy (non-hydrogen) atoms. The molecule has 0 aromatic carbocycles. The fraction of sp³-hybridized carbons (Fsp3) is 0.500. The van der Waals surface area contributed by atoms with E-state index in [1.165, 1.54) is 10.9 Å². The van der Waals surface area contributed by atoms with Crippen LogP contribution in [0.25, 0.3) is 11.1 Å². The third-order valence-electron chi connectivity index (χ3n) is 3.69. The van der Waals surface area contributed by atoms with Gasteiger partial charge >= 0.3 is 0 Å². The lowest BCUT2D eigenvalue weighted by Gasteiger charge is -2.10. The van der Waals surface area contributed by atoms with E-state index in [-0.39, 0.29) is 34.2 Å². The van der Waals surface area contributed by atoms with Crippen molar-refractivity contribution in [3.05, 3.63) is 28.0 Å². The first-order valence-electron chi connectivity index (χ1n) is 6.92. The topological polar surface area (TPSA) is 86.4 Å². The van der Waals surface area contributed by atoms with Crippen LogP contribution in [0.1, 0.15) is 29.0 Å². The molecule has 1 amide bonds. The van der Waals surface area contributed by atoms with Gasteiger partial charge < -0.3 is 19.0 Å². The second-order valence-corrected chi connectivity index (χ2v) is 5.22. The van der Waals surface area contributed by atoms with Gasteiger partial charge in [-0.25, -0.2) is 4.98 Å². The van der Waals surface area contributed by atoms with E-state index in [2.05, 4.69) is 10.3 Å². The molecule has 0 saturated carbocycles. The summed E-state index contributed by atoms with van der Waals surface area (Å²) in [7, 11) is 1.59. The van der Waals surface area contributed by atoms with Gasteiger partial charge in [-0.2, -0.15) is 0 Å². The van der Waals surface area contributed by atoms with Crippen molar-refractivity contribution in [3.63, 3.8) is 0 Å². The van der Waals surface area contributed by atoms with E-state index in [9.17, 15) is 9.59 Å². The largest absolute Gasteiger partial charge is 0.442 e. The van der Waals surface area contributed by atoms with E-state index in [0.717, 1.165) is 19.4 Å². The van der Waals surface area contributed by atoms with Crippen LogP contribution in [0.15, 0.2) is 15.5 Å². The van der Waals surface area contributed by atoms with Gasteiger partial charge in [-0.15, -0.1) is 0 Å². The van der Waals surface area contributed by atoms with Gasteiger partial charge in [0.25, 0.3) is 11.5 Å². The quantitative estimate of drug-likeness (QED) is 0.901. The molecule has 1 N–H and O–H groups in total. The average Bonchev–Trinajstić information content (AvgIpc) is 3.07. The predicted molar refractivity (Wildman–Crippen MR) is 75.3 cm³/mol. The van der Waals surface area contributed by atoms with Gasteiger partial charge in [0.15, 0.2) is 0 Å². The van der Waals surface area contributed by atoms with Crippen molar-refractivity contribution in [2.75, 3.05) is 13.2 Å². The highest BCUT2D eigenvalue weighted by atomic mass is 16.5. The SMILES string of the molecule is Cc1oc2ncn(C)c(=O)c2c1C(=O)NCC1CCCO1. The summed E-state index contributed by atoms with van der Waals surface area (Å²) < 4.78 is 12.2. The van der Waals surface area contributed by atoms with E-state index in [1.54, 1.807) is 14.0 Å². The van der Waals surface area contributed by atoms with E-state index in [0.29, 0.717) is 12.3 Å². The molecule has 3 heterocycles. The van der Waals surface area contributed by atoms with Gasteiger partial charge in [0, 0.05) is 20.2 Å². The molecule has 1 aliphatic rings. The lowest BCUT2D eigenvalue weighted by Crippen LogP contribution is -2.32. The lowest BCUT2D eigenvalue weighted by atomic mass is 10.1. The van der Waals surface area contributed by atoms with Crippen molar-refractivity contribution in [1.82, 2.24) is 14.9 Å². The number of nitrogens with one attached hydrogen (secondary N) is 1. The molecule has 0 spiro atoms. The van der Waals surface area contributed by atoms with Crippen molar-refractivity contribution in [3.8, 4) is 0 Å². The second-order valence-electron chi connectivity index (χ2n) is 5.22. The molecule has 1 aliphatic heterocycles. The molecule has 112 valence electrons. The highest BCUT2D eigenvalue weighted by molar-refractivity contribution is 6.06. The Morgan fingerprint density at radius 3 is 3.10 bits per heavy atom. The summed E-state index contributed by atoms with van der Waals surface area (Å²) in [5.41, 5.74) is 0.161. The third-order valence-corrected chi connectivity index (χ3v) is 3.69. The maximum Gasteiger partial charge on any atom is 0.265 e. The molecular weight excluding hydrogens is 274 g/mol. The number of aryl methyl sites for hydroxylation is 2. The number of aromatic nitrogens is 2. The minimum absolute atomic E-state index is 0.0494. The van der Waals surface area contributed by atoms with Crippen molar-refractivity contribution < 1.29 is 13.9 Å². The van der Waals surface area contributed by atoms with Crippen molar-refractivity contribution in [2.24, 2.45) is 7.05 Å². The summed E-state index contributed by atoms with van der Waals surface area (Å²) in [4.78, 5) is 28.6. The normalized spacial score (nSPS) is 18.3. The monoisotopic (exact) mass is 291 g/mol. The zero-order valence-corrected chi connectivity index (χ0v) is 12.0. The van der Waals surface area contributed by atoms with E-state index < -0.39 is 0 Å². The van der Waals surface area contributed by atoms with Crippen LogP contribution in [-0.4, -0.2) is 34.7 Å². The summed E-state index contributed by atoms with van der Waals surface area (Å²) in [6.07, 6.45) is 3.38. The molecule has 0 aliphatic carbocycles. The first-order valence-corrected chi connectivity index (χ1v) is 6.92. The van der Waals surface area contributed by atoms with Crippen molar-refractivity contribution >= 4 is 17.0 Å². The Morgan fingerprint density at radius 2 is 2.38 bits per heavy atom. The Morgan fingerprint density at radius 1 is 1.57 bits per heavy atom. The summed E-state index contributed by atoms with van der Waals surface area (Å²) in [6, 6.07) is 0. The Balaban J connectivity index is 1.91. The Labute approximate surface area is 120 Å². The lowest BCUT2D eigenvalue weighted by molar-refractivity contribution is 0.0857. The second kappa shape index (κ2) is 5.33. The smallest absolute Gasteiger partial charge is 0.265 e. The van der Waals surface area contributed by atoms with E-state index >= 15 is 0 Å². The highest BCUT2D eigenvalue weighted by Crippen LogP contribution is 2.20. The zero-order chi connectivity index (χ0) is 15.0. The number of carbonyl (C=O) groups excluding carboxylic acids is 1. The van der Waals surface area contributed by atoms with Gasteiger partial charge in [0.2, 0.25) is 5.71 Å². The molecule has 1 atom stereocenters. The number of nitrogens with zero attached hydrogens (tertiary/aromatic N) is 2. The van der Waals surface area contributed by atoms with E-state index in [1.807, 2.05) is 0 Å². The van der Waals surface area contributed by atoms with Crippen LogP contribution in [0.5, 0.6) is 0 Å². The fourth-order valence-electron chi connectivity index (χ4n) is 2.56. The van der Waals surface area contributed by atoms with Gasteiger partial charge in [-0.3, -0.25) is 9.59 Å². The van der Waals surface area contributed by atoms with Crippen LogP contribution < -0.4 is 10.9 Å². The van der Waals surface area contributed by atoms with Crippen LogP contribution >= 0.6 is 0 Å². The Hall–Kier alpha value is -2.15. The zero-order valence-electron chi connectivity index (χ0n) is 12.0. The molecule has 2 aromatic rings. The van der Waals surface area contributed by atoms with Crippen LogP contribution in [-0.2, 0) is 11.8 Å². The summed E-state index contributed by atoms with van der Waals surface area (Å²) >= 11 is 0. The molecule has 1 saturated heterocycles. The number of hydrogen-bond donors (Lipinski definition) is 1. The standard InChI is InChI=1S/C14H17N3O4/c1-8-10(12(18)15-6-9-4-3-5-20-9)11-13(21-8)16-7-17(2)14(11)19/h7,9H,3-6H2,1-2H3,(H,15,18). The minimum Gasteiger partial charge on any atom is -0.442 e. The number of ether oxygens (including phenoxy) is 1. The number of hydrogen-bond acceptors (Lipinski definition) is 5. The van der Waals surface area contributed by atoms with Crippen LogP contribution in [0, 0.1) is 6.92 Å². The summed E-state index contributed by atoms with van der Waals surface area (Å²) in [6.45, 7) is 2.83. The number of furan rings is 1. The fourth-order valence-corrected chi connectivity index (χ4v) is 2.56. The molecule has 1 fully saturated rings. The first-order chi connectivity index (χ1) is 10.1. The number of carbonyl (C=O) groups is 1. The Bertz CT molecular complexity index is 740. The van der Waals surface area contributed by atoms with Gasteiger partial charge in [0.05, 0.1) is 11.7 Å². The van der Waals surface area contributed by atoms with Crippen LogP contribution in [0.2, 0.25) is 0 Å². The maximum absolute atomic E-state index is 12.4. The molecule has 7 heteroatoms. The van der Waals surface area contributed by atoms with Crippen molar-refractivity contribution in [1.29, 1.82) is 0 Å². The van der Waals surface area contributed by atoms with E-state index in [4.69, 9.17) is 9.15 Å². The van der Waals surface area contributed by atoms with Crippen LogP contribution in [0.3, 0.4) is 0 Å². The van der Waals surface area contributed by atoms with Crippen molar-refractivity contribution in [2.45, 2.75) is 25.9 Å². The molecule has 3 rings (SSSR count). The molecular formula is C14H17N3O4. The van der Waals surface area contributed by atoms with Crippen LogP contribution in [0.4, 0.5) is 0 Å². The third kappa shape index (κ3) is 2.44. The molecule has 0 radical (unpaired) electrons. The van der Waals surface area contributed by atoms with Gasteiger partial charge in [-0.05, 0) is 19.8 Å². The average molecular weight is 291 g/mol. The highest BCUT2D eigenvalue weighted by Gasteiger charge is 2.23. The number of amides is 1. The van der Waals surface area contributed by atoms with Gasteiger partial charge in [0.1, 0.15) is 17.5 Å². The molecule has 2 aromatic heterocycles. The Kier molecular flexibility index (Phi) is 3.50. The molecule has 7 nitrogen and oxygen atoms in total. The molecule has 1 unspecified atom stereocenters.